The van der Waals surface area contributed by atoms with Crippen molar-refractivity contribution in [2.75, 3.05) is 26.0 Å². The van der Waals surface area contributed by atoms with Crippen molar-refractivity contribution in [3.05, 3.63) is 0 Å². The van der Waals surface area contributed by atoms with Crippen LogP contribution in [0.2, 0.25) is 0 Å². The van der Waals surface area contributed by atoms with Crippen molar-refractivity contribution in [3.8, 4) is 0 Å². The number of ether oxygens (including phenoxy) is 1. The van der Waals surface area contributed by atoms with Crippen molar-refractivity contribution in [2.24, 2.45) is 0 Å². The van der Waals surface area contributed by atoms with Crippen LogP contribution in [-0.4, -0.2) is 67.7 Å². The number of aliphatic carboxylic acids is 1. The highest BCUT2D eigenvalue weighted by atomic mass is 32.2. The van der Waals surface area contributed by atoms with Gasteiger partial charge in [0.1, 0.15) is 16.4 Å². The summed E-state index contributed by atoms with van der Waals surface area (Å²) in [5.41, 5.74) is 0. The van der Waals surface area contributed by atoms with Gasteiger partial charge in [0.2, 0.25) is 0 Å². The van der Waals surface area contributed by atoms with Gasteiger partial charge in [0, 0.05) is 25.4 Å². The van der Waals surface area contributed by atoms with Crippen molar-refractivity contribution in [1.82, 2.24) is 4.90 Å². The summed E-state index contributed by atoms with van der Waals surface area (Å²) in [5, 5.41) is 8.42. The van der Waals surface area contributed by atoms with Crippen LogP contribution in [0.3, 0.4) is 0 Å². The van der Waals surface area contributed by atoms with Gasteiger partial charge in [0.15, 0.2) is 0 Å². The monoisotopic (exact) mass is 319 g/mol. The number of hydrogen-bond donors (Lipinski definition) is 1. The second-order valence-electron chi connectivity index (χ2n) is 6.21. The van der Waals surface area contributed by atoms with Gasteiger partial charge < -0.3 is 14.7 Å². The van der Waals surface area contributed by atoms with E-state index in [-0.39, 0.29) is 18.0 Å². The highest BCUT2D eigenvalue weighted by Crippen LogP contribution is 2.29. The molecule has 1 saturated carbocycles. The van der Waals surface area contributed by atoms with Crippen LogP contribution in [0, 0.1) is 0 Å². The number of carbonyl (C=O) groups is 1. The van der Waals surface area contributed by atoms with E-state index in [0.29, 0.717) is 6.04 Å². The van der Waals surface area contributed by atoms with Crippen molar-refractivity contribution in [1.29, 1.82) is 0 Å². The van der Waals surface area contributed by atoms with E-state index in [4.69, 9.17) is 9.84 Å². The van der Waals surface area contributed by atoms with E-state index in [2.05, 4.69) is 4.90 Å². The molecule has 0 amide bonds. The average molecular weight is 319 g/mol. The summed E-state index contributed by atoms with van der Waals surface area (Å²) >= 11 is 0. The second kappa shape index (κ2) is 7.07. The first kappa shape index (κ1) is 16.7. The molecule has 2 atom stereocenters. The summed E-state index contributed by atoms with van der Waals surface area (Å²) in [7, 11) is -2.94. The van der Waals surface area contributed by atoms with Gasteiger partial charge in [-0.2, -0.15) is 0 Å². The minimum absolute atomic E-state index is 0.0200. The second-order valence-corrected chi connectivity index (χ2v) is 8.54. The van der Waals surface area contributed by atoms with Crippen molar-refractivity contribution in [2.45, 2.75) is 55.9 Å². The summed E-state index contributed by atoms with van der Waals surface area (Å²) in [6, 6.07) is 0.346. The standard InChI is InChI=1S/C14H25NO5S/c1-21(18,19)13-4-2-3-11(9-13)15-7-5-12(6-8-15)20-10-14(16)17/h11-13H,2-10H2,1H3,(H,16,17). The average Bonchev–Trinajstić information content (AvgIpc) is 2.45. The minimum atomic E-state index is -2.94. The molecule has 0 bridgehead atoms. The normalized spacial score (nSPS) is 29.4. The van der Waals surface area contributed by atoms with E-state index in [1.807, 2.05) is 0 Å². The van der Waals surface area contributed by atoms with Gasteiger partial charge in [-0.1, -0.05) is 6.42 Å². The van der Waals surface area contributed by atoms with Gasteiger partial charge in [-0.25, -0.2) is 13.2 Å². The van der Waals surface area contributed by atoms with Crippen molar-refractivity contribution >= 4 is 15.8 Å². The molecule has 0 aromatic heterocycles. The van der Waals surface area contributed by atoms with Crippen LogP contribution in [-0.2, 0) is 19.4 Å². The predicted octanol–water partition coefficient (Wildman–Crippen LogP) is 0.908. The largest absolute Gasteiger partial charge is 0.480 e. The van der Waals surface area contributed by atoms with Gasteiger partial charge in [0.05, 0.1) is 11.4 Å². The number of carboxylic acids is 1. The van der Waals surface area contributed by atoms with Crippen LogP contribution in [0.5, 0.6) is 0 Å². The number of rotatable bonds is 5. The molecule has 0 aromatic rings. The van der Waals surface area contributed by atoms with Crippen molar-refractivity contribution in [3.63, 3.8) is 0 Å². The Balaban J connectivity index is 1.80. The number of hydrogen-bond acceptors (Lipinski definition) is 5. The predicted molar refractivity (Wildman–Crippen MR) is 79.1 cm³/mol. The zero-order valence-electron chi connectivity index (χ0n) is 12.5. The van der Waals surface area contributed by atoms with E-state index in [9.17, 15) is 13.2 Å². The Hall–Kier alpha value is -0.660. The van der Waals surface area contributed by atoms with E-state index in [1.54, 1.807) is 0 Å². The Morgan fingerprint density at radius 1 is 1.24 bits per heavy atom. The summed E-state index contributed by atoms with van der Waals surface area (Å²) in [5.74, 6) is -0.930. The van der Waals surface area contributed by atoms with Gasteiger partial charge in [0.25, 0.3) is 0 Å². The molecule has 1 N–H and O–H groups in total. The first-order valence-electron chi connectivity index (χ1n) is 7.62. The molecule has 0 spiro atoms. The fraction of sp³-hybridized carbons (Fsp3) is 0.929. The number of likely N-dealkylation sites (tertiary alicyclic amines) is 1. The molecule has 0 radical (unpaired) electrons. The molecule has 6 nitrogen and oxygen atoms in total. The molecule has 2 rings (SSSR count). The van der Waals surface area contributed by atoms with Crippen LogP contribution >= 0.6 is 0 Å². The number of carboxylic acid groups (broad SMARTS) is 1. The Kier molecular flexibility index (Phi) is 5.62. The summed E-state index contributed by atoms with van der Waals surface area (Å²) in [4.78, 5) is 12.9. The quantitative estimate of drug-likeness (QED) is 0.811. The van der Waals surface area contributed by atoms with E-state index in [1.165, 1.54) is 6.26 Å². The fourth-order valence-electron chi connectivity index (χ4n) is 3.44. The Morgan fingerprint density at radius 2 is 1.90 bits per heavy atom. The smallest absolute Gasteiger partial charge is 0.329 e. The van der Waals surface area contributed by atoms with Crippen LogP contribution in [0.15, 0.2) is 0 Å². The minimum Gasteiger partial charge on any atom is -0.480 e. The molecule has 2 unspecified atom stereocenters. The van der Waals surface area contributed by atoms with Gasteiger partial charge in [-0.05, 0) is 32.1 Å². The Labute approximate surface area is 126 Å². The van der Waals surface area contributed by atoms with Gasteiger partial charge >= 0.3 is 5.97 Å². The summed E-state index contributed by atoms with van der Waals surface area (Å²) in [6.45, 7) is 1.50. The van der Waals surface area contributed by atoms with Crippen molar-refractivity contribution < 1.29 is 23.1 Å². The fourth-order valence-corrected chi connectivity index (χ4v) is 4.60. The molecule has 1 heterocycles. The topological polar surface area (TPSA) is 83.9 Å². The maximum atomic E-state index is 11.7. The van der Waals surface area contributed by atoms with E-state index < -0.39 is 15.8 Å². The third kappa shape index (κ3) is 4.93. The first-order valence-corrected chi connectivity index (χ1v) is 9.58. The number of sulfone groups is 1. The van der Waals surface area contributed by atoms with Gasteiger partial charge in [-0.3, -0.25) is 0 Å². The maximum Gasteiger partial charge on any atom is 0.329 e. The summed E-state index contributed by atoms with van der Waals surface area (Å²) < 4.78 is 28.8. The highest BCUT2D eigenvalue weighted by Gasteiger charge is 2.33. The van der Waals surface area contributed by atoms with Crippen LogP contribution in [0.25, 0.3) is 0 Å². The molecule has 1 saturated heterocycles. The van der Waals surface area contributed by atoms with Gasteiger partial charge in [-0.15, -0.1) is 0 Å². The molecule has 2 aliphatic rings. The SMILES string of the molecule is CS(=O)(=O)C1CCCC(N2CCC(OCC(=O)O)CC2)C1. The Morgan fingerprint density at radius 3 is 2.48 bits per heavy atom. The van der Waals surface area contributed by atoms with E-state index in [0.717, 1.165) is 51.6 Å². The molecule has 2 fully saturated rings. The summed E-state index contributed by atoms with van der Waals surface area (Å²) in [6.07, 6.45) is 6.57. The van der Waals surface area contributed by atoms with Crippen LogP contribution < -0.4 is 0 Å². The molecule has 7 heteroatoms. The highest BCUT2D eigenvalue weighted by molar-refractivity contribution is 7.91. The Bertz CT molecular complexity index is 456. The first-order chi connectivity index (χ1) is 9.86. The molecule has 1 aliphatic heterocycles. The molecule has 1 aliphatic carbocycles. The molecule has 122 valence electrons. The zero-order valence-corrected chi connectivity index (χ0v) is 13.3. The van der Waals surface area contributed by atoms with E-state index >= 15 is 0 Å². The molecule has 21 heavy (non-hydrogen) atoms. The lowest BCUT2D eigenvalue weighted by molar-refractivity contribution is -0.145. The molecular weight excluding hydrogens is 294 g/mol. The molecular formula is C14H25NO5S. The number of piperidine rings is 1. The number of nitrogens with zero attached hydrogens (tertiary/aromatic N) is 1. The third-order valence-corrected chi connectivity index (χ3v) is 6.28. The van der Waals surface area contributed by atoms with Crippen LogP contribution in [0.4, 0.5) is 0 Å². The third-order valence-electron chi connectivity index (χ3n) is 4.64. The maximum absolute atomic E-state index is 11.7. The lowest BCUT2D eigenvalue weighted by Crippen LogP contribution is -2.47. The van der Waals surface area contributed by atoms with Crippen LogP contribution in [0.1, 0.15) is 38.5 Å². The lowest BCUT2D eigenvalue weighted by Gasteiger charge is -2.40. The molecule has 0 aromatic carbocycles. The lowest BCUT2D eigenvalue weighted by atomic mass is 9.92. The zero-order chi connectivity index (χ0) is 15.5.